The van der Waals surface area contributed by atoms with Crippen LogP contribution >= 0.6 is 0 Å². The Hall–Kier alpha value is -2.51. The lowest BCUT2D eigenvalue weighted by Crippen LogP contribution is -2.31. The number of benzene rings is 1. The number of hydrogen-bond donors (Lipinski definition) is 0. The third-order valence-corrected chi connectivity index (χ3v) is 4.40. The summed E-state index contributed by atoms with van der Waals surface area (Å²) in [6.07, 6.45) is -2.99. The van der Waals surface area contributed by atoms with Crippen molar-refractivity contribution in [3.05, 3.63) is 47.3 Å². The number of carbonyl (C=O) groups is 1. The molecule has 5 nitrogen and oxygen atoms in total. The molecular weight excluding hydrogens is 335 g/mol. The number of hydrogen-bond acceptors (Lipinski definition) is 3. The molecule has 3 rings (SSSR count). The molecule has 1 atom stereocenters. The minimum Gasteiger partial charge on any atom is -0.497 e. The van der Waals surface area contributed by atoms with E-state index in [0.29, 0.717) is 17.0 Å². The zero-order valence-electron chi connectivity index (χ0n) is 13.9. The highest BCUT2D eigenvalue weighted by atomic mass is 19.4. The lowest BCUT2D eigenvalue weighted by molar-refractivity contribution is -0.143. The Labute approximate surface area is 143 Å². The predicted octanol–water partition coefficient (Wildman–Crippen LogP) is 3.42. The van der Waals surface area contributed by atoms with Gasteiger partial charge in [-0.15, -0.1) is 0 Å². The Morgan fingerprint density at radius 2 is 1.96 bits per heavy atom. The number of aromatic nitrogens is 2. The van der Waals surface area contributed by atoms with Crippen LogP contribution in [0, 0.1) is 0 Å². The van der Waals surface area contributed by atoms with Gasteiger partial charge in [-0.3, -0.25) is 9.48 Å². The molecule has 1 aromatic carbocycles. The molecule has 25 heavy (non-hydrogen) atoms. The van der Waals surface area contributed by atoms with Gasteiger partial charge in [-0.25, -0.2) is 0 Å². The molecule has 1 fully saturated rings. The van der Waals surface area contributed by atoms with Crippen LogP contribution in [-0.2, 0) is 13.2 Å². The first-order valence-electron chi connectivity index (χ1n) is 7.87. The zero-order valence-corrected chi connectivity index (χ0v) is 13.9. The standard InChI is InChI=1S/C17H18F3N3O2/c1-22-15(17(18,19)20)10-13(21-22)16(24)23-9-3-4-14(23)11-5-7-12(25-2)8-6-11/h5-8,10,14H,3-4,9H2,1-2H3. The highest BCUT2D eigenvalue weighted by molar-refractivity contribution is 5.93. The molecule has 1 unspecified atom stereocenters. The molecule has 8 heteroatoms. The molecule has 1 aromatic heterocycles. The molecular formula is C17H18F3N3O2. The number of halogens is 3. The van der Waals surface area contributed by atoms with Crippen molar-refractivity contribution >= 4 is 5.91 Å². The van der Waals surface area contributed by atoms with E-state index in [1.165, 1.54) is 7.05 Å². The van der Waals surface area contributed by atoms with Crippen LogP contribution in [-0.4, -0.2) is 34.2 Å². The van der Waals surface area contributed by atoms with Crippen molar-refractivity contribution in [3.8, 4) is 5.75 Å². The van der Waals surface area contributed by atoms with Gasteiger partial charge in [-0.2, -0.15) is 18.3 Å². The van der Waals surface area contributed by atoms with E-state index >= 15 is 0 Å². The van der Waals surface area contributed by atoms with Crippen LogP contribution in [0.5, 0.6) is 5.75 Å². The second-order valence-corrected chi connectivity index (χ2v) is 5.97. The van der Waals surface area contributed by atoms with E-state index in [4.69, 9.17) is 4.74 Å². The minimum atomic E-state index is -4.54. The average molecular weight is 353 g/mol. The molecule has 0 saturated carbocycles. The van der Waals surface area contributed by atoms with E-state index in [0.717, 1.165) is 24.5 Å². The van der Waals surface area contributed by atoms with Gasteiger partial charge in [0.15, 0.2) is 5.69 Å². The SMILES string of the molecule is COc1ccc(C2CCCN2C(=O)c2cc(C(F)(F)F)n(C)n2)cc1. The van der Waals surface area contributed by atoms with Gasteiger partial charge >= 0.3 is 6.18 Å². The van der Waals surface area contributed by atoms with Crippen molar-refractivity contribution in [1.82, 2.24) is 14.7 Å². The van der Waals surface area contributed by atoms with Crippen LogP contribution in [0.3, 0.4) is 0 Å². The summed E-state index contributed by atoms with van der Waals surface area (Å²) in [5.41, 5.74) is -0.190. The number of carbonyl (C=O) groups excluding carboxylic acids is 1. The third-order valence-electron chi connectivity index (χ3n) is 4.40. The molecule has 1 saturated heterocycles. The Bertz CT molecular complexity index is 768. The molecule has 0 radical (unpaired) electrons. The van der Waals surface area contributed by atoms with Crippen molar-refractivity contribution < 1.29 is 22.7 Å². The van der Waals surface area contributed by atoms with Gasteiger partial charge in [-0.05, 0) is 30.5 Å². The fourth-order valence-electron chi connectivity index (χ4n) is 3.17. The quantitative estimate of drug-likeness (QED) is 0.849. The van der Waals surface area contributed by atoms with Crippen molar-refractivity contribution in [2.24, 2.45) is 7.05 Å². The summed E-state index contributed by atoms with van der Waals surface area (Å²) in [7, 11) is 2.75. The second kappa shape index (κ2) is 6.42. The summed E-state index contributed by atoms with van der Waals surface area (Å²) in [5, 5.41) is 3.76. The Kier molecular flexibility index (Phi) is 4.45. The van der Waals surface area contributed by atoms with E-state index in [-0.39, 0.29) is 11.7 Å². The molecule has 134 valence electrons. The maximum Gasteiger partial charge on any atom is 0.433 e. The fraction of sp³-hybridized carbons (Fsp3) is 0.412. The number of amides is 1. The summed E-state index contributed by atoms with van der Waals surface area (Å²) >= 11 is 0. The first-order chi connectivity index (χ1) is 11.8. The molecule has 0 spiro atoms. The number of ether oxygens (including phenoxy) is 1. The number of alkyl halides is 3. The summed E-state index contributed by atoms with van der Waals surface area (Å²) in [4.78, 5) is 14.3. The molecule has 0 bridgehead atoms. The average Bonchev–Trinajstić information content (AvgIpc) is 3.20. The van der Waals surface area contributed by atoms with E-state index in [1.54, 1.807) is 24.1 Å². The molecule has 1 aliphatic rings. The summed E-state index contributed by atoms with van der Waals surface area (Å²) in [6, 6.07) is 7.99. The van der Waals surface area contributed by atoms with Gasteiger partial charge in [0.05, 0.1) is 13.2 Å². The zero-order chi connectivity index (χ0) is 18.2. The van der Waals surface area contributed by atoms with Gasteiger partial charge < -0.3 is 9.64 Å². The van der Waals surface area contributed by atoms with Crippen LogP contribution in [0.15, 0.2) is 30.3 Å². The molecule has 2 aromatic rings. The lowest BCUT2D eigenvalue weighted by Gasteiger charge is -2.24. The van der Waals surface area contributed by atoms with Crippen LogP contribution in [0.25, 0.3) is 0 Å². The van der Waals surface area contributed by atoms with Gasteiger partial charge in [0.25, 0.3) is 5.91 Å². The van der Waals surface area contributed by atoms with Crippen LogP contribution < -0.4 is 4.74 Å². The number of rotatable bonds is 3. The molecule has 1 aliphatic heterocycles. The van der Waals surface area contributed by atoms with Gasteiger partial charge in [0.2, 0.25) is 0 Å². The smallest absolute Gasteiger partial charge is 0.433 e. The Morgan fingerprint density at radius 1 is 1.28 bits per heavy atom. The second-order valence-electron chi connectivity index (χ2n) is 5.97. The summed E-state index contributed by atoms with van der Waals surface area (Å²) < 4.78 is 44.6. The number of nitrogens with zero attached hydrogens (tertiary/aromatic N) is 3. The van der Waals surface area contributed by atoms with Crippen LogP contribution in [0.2, 0.25) is 0 Å². The maximum atomic E-state index is 12.9. The largest absolute Gasteiger partial charge is 0.497 e. The third kappa shape index (κ3) is 3.33. The number of likely N-dealkylation sites (tertiary alicyclic amines) is 1. The van der Waals surface area contributed by atoms with Crippen LogP contribution in [0.1, 0.15) is 40.6 Å². The van der Waals surface area contributed by atoms with E-state index in [2.05, 4.69) is 5.10 Å². The number of aryl methyl sites for hydroxylation is 1. The van der Waals surface area contributed by atoms with E-state index < -0.39 is 17.8 Å². The first-order valence-corrected chi connectivity index (χ1v) is 7.87. The Balaban J connectivity index is 1.85. The highest BCUT2D eigenvalue weighted by Crippen LogP contribution is 2.35. The molecule has 1 amide bonds. The summed E-state index contributed by atoms with van der Waals surface area (Å²) in [6.45, 7) is 0.494. The molecule has 0 N–H and O–H groups in total. The van der Waals surface area contributed by atoms with Gasteiger partial charge in [-0.1, -0.05) is 12.1 Å². The molecule has 0 aliphatic carbocycles. The van der Waals surface area contributed by atoms with Gasteiger partial charge in [0, 0.05) is 19.7 Å². The normalized spacial score (nSPS) is 17.8. The van der Waals surface area contributed by atoms with Crippen molar-refractivity contribution in [3.63, 3.8) is 0 Å². The van der Waals surface area contributed by atoms with E-state index in [1.807, 2.05) is 12.1 Å². The van der Waals surface area contributed by atoms with Crippen LogP contribution in [0.4, 0.5) is 13.2 Å². The van der Waals surface area contributed by atoms with Crippen molar-refractivity contribution in [2.45, 2.75) is 25.1 Å². The molecule has 2 heterocycles. The first kappa shape index (κ1) is 17.3. The Morgan fingerprint density at radius 3 is 2.52 bits per heavy atom. The maximum absolute atomic E-state index is 12.9. The van der Waals surface area contributed by atoms with Crippen molar-refractivity contribution in [2.75, 3.05) is 13.7 Å². The predicted molar refractivity (Wildman–Crippen MR) is 84.2 cm³/mol. The van der Waals surface area contributed by atoms with Crippen molar-refractivity contribution in [1.29, 1.82) is 0 Å². The van der Waals surface area contributed by atoms with E-state index in [9.17, 15) is 18.0 Å². The summed E-state index contributed by atoms with van der Waals surface area (Å²) in [5.74, 6) is 0.226. The monoisotopic (exact) mass is 353 g/mol. The lowest BCUT2D eigenvalue weighted by atomic mass is 10.0. The fourth-order valence-corrected chi connectivity index (χ4v) is 3.17. The minimum absolute atomic E-state index is 0.172. The topological polar surface area (TPSA) is 47.4 Å². The highest BCUT2D eigenvalue weighted by Gasteiger charge is 2.38. The number of methoxy groups -OCH3 is 1. The van der Waals surface area contributed by atoms with Gasteiger partial charge in [0.1, 0.15) is 11.4 Å².